The minimum Gasteiger partial charge on any atom is -0.544 e. The summed E-state index contributed by atoms with van der Waals surface area (Å²) in [6.45, 7) is 6.59. The number of allylic oxidation sites excluding steroid dienone is 1. The minimum atomic E-state index is -1.51. The van der Waals surface area contributed by atoms with Gasteiger partial charge < -0.3 is 4.43 Å². The largest absolute Gasteiger partial charge is 0.544 e. The average molecular weight is 239 g/mol. The van der Waals surface area contributed by atoms with Crippen LogP contribution in [0.2, 0.25) is 24.7 Å². The summed E-state index contributed by atoms with van der Waals surface area (Å²) in [5, 5.41) is 0.802. The second-order valence-corrected chi connectivity index (χ2v) is 9.65. The Morgan fingerprint density at radius 3 is 2.67 bits per heavy atom. The summed E-state index contributed by atoms with van der Waals surface area (Å²) in [4.78, 5) is 0. The molecular weight excluding hydrogens is 224 g/mol. The molecule has 0 aromatic heterocycles. The van der Waals surface area contributed by atoms with Gasteiger partial charge in [0.1, 0.15) is 5.76 Å². The fourth-order valence-corrected chi connectivity index (χ4v) is 2.76. The van der Waals surface area contributed by atoms with Crippen LogP contribution < -0.4 is 0 Å². The number of benzene rings is 1. The van der Waals surface area contributed by atoms with Crippen LogP contribution >= 0.6 is 11.6 Å². The first kappa shape index (κ1) is 10.8. The van der Waals surface area contributed by atoms with E-state index in [0.717, 1.165) is 17.2 Å². The first-order valence-electron chi connectivity index (χ1n) is 5.14. The smallest absolute Gasteiger partial charge is 0.242 e. The third-order valence-electron chi connectivity index (χ3n) is 2.26. The van der Waals surface area contributed by atoms with Gasteiger partial charge in [0.25, 0.3) is 0 Å². The maximum atomic E-state index is 6.02. The monoisotopic (exact) mass is 238 g/mol. The maximum Gasteiger partial charge on any atom is 0.242 e. The van der Waals surface area contributed by atoms with Gasteiger partial charge in [-0.05, 0) is 55.9 Å². The van der Waals surface area contributed by atoms with E-state index < -0.39 is 8.32 Å². The van der Waals surface area contributed by atoms with E-state index in [1.54, 1.807) is 0 Å². The lowest BCUT2D eigenvalue weighted by atomic mass is 10.1. The third-order valence-corrected chi connectivity index (χ3v) is 3.32. The third kappa shape index (κ3) is 2.44. The Bertz CT molecular complexity index is 418. The molecule has 2 rings (SSSR count). The second-order valence-electron chi connectivity index (χ2n) is 4.79. The van der Waals surface area contributed by atoms with Gasteiger partial charge in [0, 0.05) is 10.6 Å². The zero-order valence-corrected chi connectivity index (χ0v) is 11.1. The molecule has 1 nitrogen and oxygen atoms in total. The van der Waals surface area contributed by atoms with Crippen LogP contribution in [0, 0.1) is 0 Å². The van der Waals surface area contributed by atoms with Gasteiger partial charge in [0.15, 0.2) is 0 Å². The molecule has 0 bridgehead atoms. The molecule has 0 unspecified atom stereocenters. The lowest BCUT2D eigenvalue weighted by molar-refractivity contribution is 0.516. The van der Waals surface area contributed by atoms with Crippen molar-refractivity contribution in [2.24, 2.45) is 0 Å². The average Bonchev–Trinajstić information content (AvgIpc) is 2.45. The van der Waals surface area contributed by atoms with E-state index >= 15 is 0 Å². The lowest BCUT2D eigenvalue weighted by Gasteiger charge is -2.20. The van der Waals surface area contributed by atoms with E-state index in [4.69, 9.17) is 16.0 Å². The van der Waals surface area contributed by atoms with Gasteiger partial charge in [-0.25, -0.2) is 0 Å². The van der Waals surface area contributed by atoms with Gasteiger partial charge >= 0.3 is 0 Å². The van der Waals surface area contributed by atoms with Crippen molar-refractivity contribution in [3.05, 3.63) is 40.4 Å². The highest BCUT2D eigenvalue weighted by molar-refractivity contribution is 6.70. The van der Waals surface area contributed by atoms with Crippen molar-refractivity contribution in [2.45, 2.75) is 26.1 Å². The molecule has 80 valence electrons. The Balaban J connectivity index is 2.28. The summed E-state index contributed by atoms with van der Waals surface area (Å²) in [6, 6.07) is 6.00. The molecular formula is C12H15ClOSi. The molecule has 0 fully saturated rings. The van der Waals surface area contributed by atoms with Crippen LogP contribution in [0.5, 0.6) is 0 Å². The van der Waals surface area contributed by atoms with E-state index in [1.807, 2.05) is 12.1 Å². The molecule has 0 amide bonds. The molecule has 0 atom stereocenters. The first-order chi connectivity index (χ1) is 6.96. The molecule has 1 aliphatic carbocycles. The van der Waals surface area contributed by atoms with E-state index in [1.165, 1.54) is 11.1 Å². The Labute approximate surface area is 96.8 Å². The van der Waals surface area contributed by atoms with Crippen molar-refractivity contribution >= 4 is 25.7 Å². The van der Waals surface area contributed by atoms with Gasteiger partial charge in [0.2, 0.25) is 8.32 Å². The first-order valence-corrected chi connectivity index (χ1v) is 8.92. The predicted octanol–water partition coefficient (Wildman–Crippen LogP) is 4.09. The SMILES string of the molecule is C[Si](C)(C)OC1=CCc2cc(Cl)ccc21. The van der Waals surface area contributed by atoms with Crippen molar-refractivity contribution in [3.63, 3.8) is 0 Å². The minimum absolute atomic E-state index is 0.802. The van der Waals surface area contributed by atoms with E-state index in [0.29, 0.717) is 0 Å². The summed E-state index contributed by atoms with van der Waals surface area (Å²) < 4.78 is 6.02. The lowest BCUT2D eigenvalue weighted by Crippen LogP contribution is -2.24. The molecule has 0 spiro atoms. The van der Waals surface area contributed by atoms with Crippen LogP contribution in [-0.2, 0) is 10.8 Å². The predicted molar refractivity (Wildman–Crippen MR) is 67.6 cm³/mol. The van der Waals surface area contributed by atoms with Crippen molar-refractivity contribution in [1.82, 2.24) is 0 Å². The molecule has 0 saturated carbocycles. The van der Waals surface area contributed by atoms with E-state index in [2.05, 4.69) is 31.8 Å². The van der Waals surface area contributed by atoms with Crippen molar-refractivity contribution in [2.75, 3.05) is 0 Å². The Morgan fingerprint density at radius 2 is 2.00 bits per heavy atom. The molecule has 3 heteroatoms. The van der Waals surface area contributed by atoms with Crippen LogP contribution in [0.1, 0.15) is 11.1 Å². The normalized spacial score (nSPS) is 14.8. The topological polar surface area (TPSA) is 9.23 Å². The standard InChI is InChI=1S/C12H15ClOSi/c1-15(2,3)14-12-7-4-9-8-10(13)5-6-11(9)12/h5-8H,4H2,1-3H3. The summed E-state index contributed by atoms with van der Waals surface area (Å²) in [6.07, 6.45) is 3.09. The zero-order chi connectivity index (χ0) is 11.1. The summed E-state index contributed by atoms with van der Waals surface area (Å²) >= 11 is 5.95. The van der Waals surface area contributed by atoms with Crippen LogP contribution in [0.4, 0.5) is 0 Å². The Morgan fingerprint density at radius 1 is 1.27 bits per heavy atom. The van der Waals surface area contributed by atoms with Crippen LogP contribution in [-0.4, -0.2) is 8.32 Å². The molecule has 15 heavy (non-hydrogen) atoms. The quantitative estimate of drug-likeness (QED) is 0.706. The van der Waals surface area contributed by atoms with Gasteiger partial charge in [-0.15, -0.1) is 0 Å². The van der Waals surface area contributed by atoms with Crippen molar-refractivity contribution < 1.29 is 4.43 Å². The maximum absolute atomic E-state index is 6.02. The zero-order valence-electron chi connectivity index (χ0n) is 9.30. The summed E-state index contributed by atoms with van der Waals surface area (Å²) in [5.41, 5.74) is 2.48. The van der Waals surface area contributed by atoms with Crippen molar-refractivity contribution in [1.29, 1.82) is 0 Å². The number of rotatable bonds is 2. The highest BCUT2D eigenvalue weighted by atomic mass is 35.5. The summed E-state index contributed by atoms with van der Waals surface area (Å²) in [5.74, 6) is 1.04. The fraction of sp³-hybridized carbons (Fsp3) is 0.333. The van der Waals surface area contributed by atoms with Gasteiger partial charge in [-0.2, -0.15) is 0 Å². The number of fused-ring (bicyclic) bond motifs is 1. The van der Waals surface area contributed by atoms with Crippen LogP contribution in [0.3, 0.4) is 0 Å². The Kier molecular flexibility index (Phi) is 2.65. The fourth-order valence-electron chi connectivity index (χ4n) is 1.71. The van der Waals surface area contributed by atoms with Gasteiger partial charge in [-0.1, -0.05) is 11.6 Å². The number of hydrogen-bond acceptors (Lipinski definition) is 1. The molecule has 0 radical (unpaired) electrons. The van der Waals surface area contributed by atoms with Crippen LogP contribution in [0.25, 0.3) is 5.76 Å². The molecule has 1 aromatic carbocycles. The summed E-state index contributed by atoms with van der Waals surface area (Å²) in [7, 11) is -1.51. The van der Waals surface area contributed by atoms with E-state index in [-0.39, 0.29) is 0 Å². The highest BCUT2D eigenvalue weighted by Gasteiger charge is 2.22. The Hall–Kier alpha value is -0.733. The highest BCUT2D eigenvalue weighted by Crippen LogP contribution is 2.32. The van der Waals surface area contributed by atoms with Gasteiger partial charge in [-0.3, -0.25) is 0 Å². The number of halogens is 1. The van der Waals surface area contributed by atoms with Gasteiger partial charge in [0.05, 0.1) is 0 Å². The van der Waals surface area contributed by atoms with Crippen LogP contribution in [0.15, 0.2) is 24.3 Å². The number of hydrogen-bond donors (Lipinski definition) is 0. The molecule has 0 aliphatic heterocycles. The van der Waals surface area contributed by atoms with Crippen molar-refractivity contribution in [3.8, 4) is 0 Å². The molecule has 0 saturated heterocycles. The molecule has 1 aromatic rings. The molecule has 1 aliphatic rings. The molecule has 0 heterocycles. The van der Waals surface area contributed by atoms with E-state index in [9.17, 15) is 0 Å². The second kappa shape index (κ2) is 3.69. The molecule has 0 N–H and O–H groups in total.